The number of aryl methyl sites for hydroxylation is 1. The van der Waals surface area contributed by atoms with Crippen molar-refractivity contribution in [3.63, 3.8) is 0 Å². The van der Waals surface area contributed by atoms with Gasteiger partial charge < -0.3 is 14.6 Å². The minimum absolute atomic E-state index is 0.0972. The van der Waals surface area contributed by atoms with Gasteiger partial charge in [-0.05, 0) is 49.6 Å². The number of nitrogens with zero attached hydrogens (tertiary/aromatic N) is 2. The van der Waals surface area contributed by atoms with Crippen LogP contribution in [0.5, 0.6) is 0 Å². The van der Waals surface area contributed by atoms with Crippen LogP contribution in [0.15, 0.2) is 41.1 Å². The Balaban J connectivity index is 1.64. The average Bonchev–Trinajstić information content (AvgIpc) is 3.09. The molecular weight excluding hydrogens is 294 g/mol. The lowest BCUT2D eigenvalue weighted by molar-refractivity contribution is -0.121. The van der Waals surface area contributed by atoms with Crippen LogP contribution in [0, 0.1) is 12.8 Å². The van der Waals surface area contributed by atoms with Gasteiger partial charge in [0.1, 0.15) is 5.82 Å². The van der Waals surface area contributed by atoms with E-state index in [1.807, 2.05) is 19.1 Å². The molecule has 0 aromatic carbocycles. The Morgan fingerprint density at radius 3 is 3.00 bits per heavy atom. The van der Waals surface area contributed by atoms with E-state index >= 15 is 0 Å². The number of furan rings is 1. The average molecular weight is 313 g/mol. The highest BCUT2D eigenvalue weighted by Gasteiger charge is 2.30. The van der Waals surface area contributed by atoms with Crippen LogP contribution in [0.4, 0.5) is 5.82 Å². The first-order valence-corrected chi connectivity index (χ1v) is 7.70. The molecule has 1 atom stereocenters. The topological polar surface area (TPSA) is 75.4 Å². The predicted octanol–water partition coefficient (Wildman–Crippen LogP) is 2.47. The molecule has 0 saturated carbocycles. The summed E-state index contributed by atoms with van der Waals surface area (Å²) in [5.74, 6) is 0.363. The van der Waals surface area contributed by atoms with Gasteiger partial charge in [0.15, 0.2) is 5.76 Å². The zero-order valence-corrected chi connectivity index (χ0v) is 13.0. The van der Waals surface area contributed by atoms with Crippen molar-refractivity contribution >= 4 is 17.6 Å². The Morgan fingerprint density at radius 1 is 1.39 bits per heavy atom. The summed E-state index contributed by atoms with van der Waals surface area (Å²) in [7, 11) is 0. The number of carbonyl (C=O) groups excluding carboxylic acids is 2. The molecule has 0 aliphatic carbocycles. The van der Waals surface area contributed by atoms with E-state index in [9.17, 15) is 9.59 Å². The van der Waals surface area contributed by atoms with Crippen LogP contribution in [-0.4, -0.2) is 34.8 Å². The summed E-state index contributed by atoms with van der Waals surface area (Å²) < 4.78 is 5.15. The summed E-state index contributed by atoms with van der Waals surface area (Å²) >= 11 is 0. The normalized spacial score (nSPS) is 17.8. The zero-order valence-electron chi connectivity index (χ0n) is 13.0. The molecular formula is C17H19N3O3. The van der Waals surface area contributed by atoms with Gasteiger partial charge in [0.05, 0.1) is 12.2 Å². The molecule has 0 unspecified atom stereocenters. The molecule has 6 nitrogen and oxygen atoms in total. The third-order valence-corrected chi connectivity index (χ3v) is 3.98. The van der Waals surface area contributed by atoms with Crippen molar-refractivity contribution in [2.24, 2.45) is 5.92 Å². The molecule has 3 rings (SSSR count). The molecule has 1 N–H and O–H groups in total. The number of anilines is 1. The highest BCUT2D eigenvalue weighted by molar-refractivity contribution is 5.94. The van der Waals surface area contributed by atoms with Gasteiger partial charge in [-0.1, -0.05) is 0 Å². The molecule has 2 aromatic heterocycles. The second kappa shape index (κ2) is 6.64. The second-order valence-electron chi connectivity index (χ2n) is 5.78. The quantitative estimate of drug-likeness (QED) is 0.944. The summed E-state index contributed by atoms with van der Waals surface area (Å²) in [4.78, 5) is 30.6. The minimum atomic E-state index is -0.232. The molecule has 0 bridgehead atoms. The van der Waals surface area contributed by atoms with Crippen LogP contribution in [0.1, 0.15) is 29.0 Å². The van der Waals surface area contributed by atoms with Crippen molar-refractivity contribution in [1.82, 2.24) is 9.88 Å². The van der Waals surface area contributed by atoms with E-state index in [1.54, 1.807) is 23.2 Å². The minimum Gasteiger partial charge on any atom is -0.459 e. The Kier molecular flexibility index (Phi) is 4.41. The highest BCUT2D eigenvalue weighted by Crippen LogP contribution is 2.20. The van der Waals surface area contributed by atoms with Gasteiger partial charge in [0, 0.05) is 19.3 Å². The van der Waals surface area contributed by atoms with Crippen LogP contribution in [0.2, 0.25) is 0 Å². The smallest absolute Gasteiger partial charge is 0.289 e. The van der Waals surface area contributed by atoms with Crippen molar-refractivity contribution in [3.05, 3.63) is 48.0 Å². The number of rotatable bonds is 3. The van der Waals surface area contributed by atoms with Gasteiger partial charge in [0.25, 0.3) is 5.91 Å². The number of carbonyl (C=O) groups is 2. The maximum Gasteiger partial charge on any atom is 0.289 e. The van der Waals surface area contributed by atoms with Gasteiger partial charge >= 0.3 is 0 Å². The van der Waals surface area contributed by atoms with Gasteiger partial charge in [0.2, 0.25) is 5.91 Å². The lowest BCUT2D eigenvalue weighted by atomic mass is 9.97. The van der Waals surface area contributed by atoms with Gasteiger partial charge in [-0.3, -0.25) is 9.59 Å². The maximum absolute atomic E-state index is 12.4. The fraction of sp³-hybridized carbons (Fsp3) is 0.353. The summed E-state index contributed by atoms with van der Waals surface area (Å²) in [6.45, 7) is 2.99. The monoisotopic (exact) mass is 313 g/mol. The van der Waals surface area contributed by atoms with Gasteiger partial charge in [-0.15, -0.1) is 0 Å². The summed E-state index contributed by atoms with van der Waals surface area (Å²) in [5, 5.41) is 2.84. The van der Waals surface area contributed by atoms with Crippen molar-refractivity contribution in [3.8, 4) is 0 Å². The lowest BCUT2D eigenvalue weighted by Gasteiger charge is -2.31. The zero-order chi connectivity index (χ0) is 16.2. The second-order valence-corrected chi connectivity index (χ2v) is 5.78. The molecule has 1 saturated heterocycles. The van der Waals surface area contributed by atoms with E-state index in [-0.39, 0.29) is 17.7 Å². The summed E-state index contributed by atoms with van der Waals surface area (Å²) in [5.41, 5.74) is 1.04. The lowest BCUT2D eigenvalue weighted by Crippen LogP contribution is -2.43. The molecule has 2 aromatic rings. The molecule has 1 aliphatic heterocycles. The van der Waals surface area contributed by atoms with E-state index in [1.165, 1.54) is 6.26 Å². The van der Waals surface area contributed by atoms with E-state index in [4.69, 9.17) is 4.42 Å². The summed E-state index contributed by atoms with van der Waals surface area (Å²) in [6, 6.07) is 7.03. The van der Waals surface area contributed by atoms with E-state index < -0.39 is 0 Å². The van der Waals surface area contributed by atoms with Crippen molar-refractivity contribution < 1.29 is 14.0 Å². The number of hydrogen-bond acceptors (Lipinski definition) is 4. The van der Waals surface area contributed by atoms with E-state index in [0.29, 0.717) is 24.7 Å². The van der Waals surface area contributed by atoms with Gasteiger partial charge in [-0.25, -0.2) is 4.98 Å². The Bertz CT molecular complexity index is 697. The number of aromatic nitrogens is 1. The molecule has 120 valence electrons. The standard InChI is InChI=1S/C17H19N3O3/c1-12-6-7-18-15(10-12)19-16(21)13-4-2-8-20(11-13)17(22)14-5-3-9-23-14/h3,5-7,9-10,13H,2,4,8,11H2,1H3,(H,18,19,21)/t13-/m1/s1. The number of nitrogens with one attached hydrogen (secondary N) is 1. The van der Waals surface area contributed by atoms with Crippen LogP contribution in [0.25, 0.3) is 0 Å². The molecule has 23 heavy (non-hydrogen) atoms. The SMILES string of the molecule is Cc1ccnc(NC(=O)[C@@H]2CCCN(C(=O)c3ccco3)C2)c1. The maximum atomic E-state index is 12.4. The first kappa shape index (κ1) is 15.3. The third kappa shape index (κ3) is 3.59. The Labute approximate surface area is 134 Å². The number of likely N-dealkylation sites (tertiary alicyclic amines) is 1. The predicted molar refractivity (Wildman–Crippen MR) is 84.9 cm³/mol. The molecule has 3 heterocycles. The number of amides is 2. The Hall–Kier alpha value is -2.63. The fourth-order valence-corrected chi connectivity index (χ4v) is 2.76. The number of pyridine rings is 1. The number of hydrogen-bond donors (Lipinski definition) is 1. The molecule has 1 aliphatic rings. The van der Waals surface area contributed by atoms with Crippen molar-refractivity contribution in [2.75, 3.05) is 18.4 Å². The van der Waals surface area contributed by atoms with Crippen molar-refractivity contribution in [1.29, 1.82) is 0 Å². The first-order chi connectivity index (χ1) is 11.1. The van der Waals surface area contributed by atoms with Crippen LogP contribution < -0.4 is 5.32 Å². The van der Waals surface area contributed by atoms with Gasteiger partial charge in [-0.2, -0.15) is 0 Å². The van der Waals surface area contributed by atoms with E-state index in [0.717, 1.165) is 18.4 Å². The van der Waals surface area contributed by atoms with Crippen LogP contribution in [0.3, 0.4) is 0 Å². The molecule has 2 amide bonds. The van der Waals surface area contributed by atoms with Crippen molar-refractivity contribution in [2.45, 2.75) is 19.8 Å². The first-order valence-electron chi connectivity index (χ1n) is 7.70. The van der Waals surface area contributed by atoms with Crippen LogP contribution >= 0.6 is 0 Å². The molecule has 0 spiro atoms. The largest absolute Gasteiger partial charge is 0.459 e. The fourth-order valence-electron chi connectivity index (χ4n) is 2.76. The number of piperidine rings is 1. The Morgan fingerprint density at radius 2 is 2.26 bits per heavy atom. The summed E-state index contributed by atoms with van der Waals surface area (Å²) in [6.07, 6.45) is 4.70. The molecule has 1 fully saturated rings. The molecule has 0 radical (unpaired) electrons. The van der Waals surface area contributed by atoms with Crippen LogP contribution in [-0.2, 0) is 4.79 Å². The molecule has 6 heteroatoms. The highest BCUT2D eigenvalue weighted by atomic mass is 16.3. The van der Waals surface area contributed by atoms with E-state index in [2.05, 4.69) is 10.3 Å². The third-order valence-electron chi connectivity index (χ3n) is 3.98.